The Labute approximate surface area is 121 Å². The summed E-state index contributed by atoms with van der Waals surface area (Å²) in [7, 11) is 1.65. The molecule has 1 unspecified atom stereocenters. The van der Waals surface area contributed by atoms with Crippen LogP contribution >= 0.6 is 15.9 Å². The fourth-order valence-corrected chi connectivity index (χ4v) is 2.40. The van der Waals surface area contributed by atoms with Gasteiger partial charge < -0.3 is 10.1 Å². The van der Waals surface area contributed by atoms with E-state index < -0.39 is 0 Å². The highest BCUT2D eigenvalue weighted by molar-refractivity contribution is 9.10. The van der Waals surface area contributed by atoms with Gasteiger partial charge in [0.05, 0.1) is 24.5 Å². The maximum atomic E-state index is 5.25. The summed E-state index contributed by atoms with van der Waals surface area (Å²) in [6.07, 6.45) is 3.41. The molecule has 1 heterocycles. The quantitative estimate of drug-likeness (QED) is 0.932. The molecule has 1 atom stereocenters. The standard InChI is InChI=1S/C14H16BrN3O/c1-9-14(17-5-4-16-9)10(2)18-12-6-11(15)7-13(8-12)19-3/h4-8,10,18H,1-3H3. The van der Waals surface area contributed by atoms with E-state index in [2.05, 4.69) is 38.1 Å². The van der Waals surface area contributed by atoms with Crippen molar-refractivity contribution < 1.29 is 4.74 Å². The molecule has 0 spiro atoms. The Kier molecular flexibility index (Phi) is 4.37. The van der Waals surface area contributed by atoms with Crippen LogP contribution in [0.15, 0.2) is 35.1 Å². The largest absolute Gasteiger partial charge is 0.497 e. The van der Waals surface area contributed by atoms with Gasteiger partial charge in [-0.05, 0) is 26.0 Å². The summed E-state index contributed by atoms with van der Waals surface area (Å²) in [4.78, 5) is 8.63. The van der Waals surface area contributed by atoms with Crippen molar-refractivity contribution in [1.29, 1.82) is 0 Å². The summed E-state index contributed by atoms with van der Waals surface area (Å²) in [5.74, 6) is 0.806. The van der Waals surface area contributed by atoms with Gasteiger partial charge in [-0.15, -0.1) is 0 Å². The molecule has 5 heteroatoms. The van der Waals surface area contributed by atoms with Gasteiger partial charge in [-0.3, -0.25) is 9.97 Å². The zero-order chi connectivity index (χ0) is 13.8. The van der Waals surface area contributed by atoms with E-state index in [0.29, 0.717) is 0 Å². The topological polar surface area (TPSA) is 47.0 Å². The lowest BCUT2D eigenvalue weighted by Crippen LogP contribution is -2.11. The van der Waals surface area contributed by atoms with Gasteiger partial charge in [0.25, 0.3) is 0 Å². The number of rotatable bonds is 4. The summed E-state index contributed by atoms with van der Waals surface area (Å²) in [6, 6.07) is 5.95. The molecule has 0 saturated heterocycles. The third kappa shape index (κ3) is 3.44. The zero-order valence-corrected chi connectivity index (χ0v) is 12.7. The molecular weight excluding hydrogens is 306 g/mol. The Morgan fingerprint density at radius 3 is 2.63 bits per heavy atom. The third-order valence-electron chi connectivity index (χ3n) is 2.82. The Balaban J connectivity index is 2.21. The molecule has 4 nitrogen and oxygen atoms in total. The van der Waals surface area contributed by atoms with Crippen molar-refractivity contribution in [3.05, 3.63) is 46.5 Å². The molecule has 0 aliphatic carbocycles. The molecule has 0 bridgehead atoms. The first-order valence-corrected chi connectivity index (χ1v) is 6.78. The molecule has 1 aromatic heterocycles. The van der Waals surface area contributed by atoms with Crippen molar-refractivity contribution in [3.63, 3.8) is 0 Å². The van der Waals surface area contributed by atoms with Crippen LogP contribution in [0.25, 0.3) is 0 Å². The summed E-state index contributed by atoms with van der Waals surface area (Å²) in [6.45, 7) is 4.02. The van der Waals surface area contributed by atoms with Crippen LogP contribution in [0.5, 0.6) is 5.75 Å². The van der Waals surface area contributed by atoms with E-state index in [9.17, 15) is 0 Å². The molecule has 0 aliphatic heterocycles. The number of hydrogen-bond acceptors (Lipinski definition) is 4. The monoisotopic (exact) mass is 321 g/mol. The Morgan fingerprint density at radius 1 is 1.21 bits per heavy atom. The molecule has 1 aromatic carbocycles. The summed E-state index contributed by atoms with van der Waals surface area (Å²) < 4.78 is 6.22. The van der Waals surface area contributed by atoms with Crippen LogP contribution in [0.3, 0.4) is 0 Å². The van der Waals surface area contributed by atoms with Crippen LogP contribution < -0.4 is 10.1 Å². The number of ether oxygens (including phenoxy) is 1. The second kappa shape index (κ2) is 6.02. The molecule has 0 fully saturated rings. The average Bonchev–Trinajstić information content (AvgIpc) is 2.38. The lowest BCUT2D eigenvalue weighted by atomic mass is 10.1. The Morgan fingerprint density at radius 2 is 1.95 bits per heavy atom. The zero-order valence-electron chi connectivity index (χ0n) is 11.1. The van der Waals surface area contributed by atoms with Gasteiger partial charge >= 0.3 is 0 Å². The molecule has 0 aliphatic rings. The molecule has 100 valence electrons. The predicted molar refractivity (Wildman–Crippen MR) is 79.5 cm³/mol. The van der Waals surface area contributed by atoms with Crippen LogP contribution in [-0.4, -0.2) is 17.1 Å². The number of nitrogens with zero attached hydrogens (tertiary/aromatic N) is 2. The minimum atomic E-state index is 0.0766. The van der Waals surface area contributed by atoms with Crippen LogP contribution in [0.2, 0.25) is 0 Å². The van der Waals surface area contributed by atoms with E-state index in [1.54, 1.807) is 19.5 Å². The fourth-order valence-electron chi connectivity index (χ4n) is 1.93. The molecule has 2 aromatic rings. The smallest absolute Gasteiger partial charge is 0.122 e. The number of halogens is 1. The maximum absolute atomic E-state index is 5.25. The van der Waals surface area contributed by atoms with Gasteiger partial charge in [0.15, 0.2) is 0 Å². The van der Waals surface area contributed by atoms with Gasteiger partial charge in [0.2, 0.25) is 0 Å². The highest BCUT2D eigenvalue weighted by atomic mass is 79.9. The second-order valence-electron chi connectivity index (χ2n) is 4.27. The van der Waals surface area contributed by atoms with Crippen LogP contribution in [0.1, 0.15) is 24.4 Å². The number of hydrogen-bond donors (Lipinski definition) is 1. The Bertz CT molecular complexity index is 574. The van der Waals surface area contributed by atoms with E-state index >= 15 is 0 Å². The van der Waals surface area contributed by atoms with Crippen LogP contribution in [-0.2, 0) is 0 Å². The van der Waals surface area contributed by atoms with E-state index in [-0.39, 0.29) is 6.04 Å². The van der Waals surface area contributed by atoms with E-state index in [4.69, 9.17) is 4.74 Å². The first-order chi connectivity index (χ1) is 9.10. The van der Waals surface area contributed by atoms with Crippen molar-refractivity contribution in [3.8, 4) is 5.75 Å². The van der Waals surface area contributed by atoms with Gasteiger partial charge in [0, 0.05) is 28.6 Å². The molecule has 1 N–H and O–H groups in total. The highest BCUT2D eigenvalue weighted by Gasteiger charge is 2.11. The molecule has 19 heavy (non-hydrogen) atoms. The summed E-state index contributed by atoms with van der Waals surface area (Å²) >= 11 is 3.47. The lowest BCUT2D eigenvalue weighted by Gasteiger charge is -2.17. The average molecular weight is 322 g/mol. The number of aromatic nitrogens is 2. The van der Waals surface area contributed by atoms with Crippen molar-refractivity contribution in [2.75, 3.05) is 12.4 Å². The number of anilines is 1. The van der Waals surface area contributed by atoms with Gasteiger partial charge in [-0.2, -0.15) is 0 Å². The van der Waals surface area contributed by atoms with Crippen molar-refractivity contribution in [2.45, 2.75) is 19.9 Å². The molecule has 2 rings (SSSR count). The van der Waals surface area contributed by atoms with E-state index in [0.717, 1.165) is 27.3 Å². The summed E-state index contributed by atoms with van der Waals surface area (Å²) in [5.41, 5.74) is 2.86. The van der Waals surface area contributed by atoms with Gasteiger partial charge in [-0.25, -0.2) is 0 Å². The number of benzene rings is 1. The molecule has 0 amide bonds. The van der Waals surface area contributed by atoms with Crippen LogP contribution in [0.4, 0.5) is 5.69 Å². The van der Waals surface area contributed by atoms with Gasteiger partial charge in [-0.1, -0.05) is 15.9 Å². The highest BCUT2D eigenvalue weighted by Crippen LogP contribution is 2.27. The third-order valence-corrected chi connectivity index (χ3v) is 3.28. The van der Waals surface area contributed by atoms with E-state index in [1.807, 2.05) is 25.1 Å². The van der Waals surface area contributed by atoms with E-state index in [1.165, 1.54) is 0 Å². The number of aryl methyl sites for hydroxylation is 1. The molecule has 0 radical (unpaired) electrons. The Hall–Kier alpha value is -1.62. The first kappa shape index (κ1) is 13.8. The summed E-state index contributed by atoms with van der Waals surface area (Å²) in [5, 5.41) is 3.40. The molecular formula is C14H16BrN3O. The maximum Gasteiger partial charge on any atom is 0.122 e. The lowest BCUT2D eigenvalue weighted by molar-refractivity contribution is 0.414. The normalized spacial score (nSPS) is 12.0. The minimum Gasteiger partial charge on any atom is -0.497 e. The first-order valence-electron chi connectivity index (χ1n) is 5.99. The van der Waals surface area contributed by atoms with Crippen LogP contribution in [0, 0.1) is 6.92 Å². The fraction of sp³-hybridized carbons (Fsp3) is 0.286. The SMILES string of the molecule is COc1cc(Br)cc(NC(C)c2nccnc2C)c1. The second-order valence-corrected chi connectivity index (χ2v) is 5.19. The number of methoxy groups -OCH3 is 1. The predicted octanol–water partition coefficient (Wildman–Crippen LogP) is 3.73. The molecule has 0 saturated carbocycles. The van der Waals surface area contributed by atoms with Gasteiger partial charge in [0.1, 0.15) is 5.75 Å². The van der Waals surface area contributed by atoms with Crippen molar-refractivity contribution in [1.82, 2.24) is 9.97 Å². The van der Waals surface area contributed by atoms with Crippen molar-refractivity contribution in [2.24, 2.45) is 0 Å². The minimum absolute atomic E-state index is 0.0766. The van der Waals surface area contributed by atoms with Crippen molar-refractivity contribution >= 4 is 21.6 Å². The number of nitrogens with one attached hydrogen (secondary N) is 1.